The molecule has 0 aliphatic rings. The van der Waals surface area contributed by atoms with Crippen LogP contribution in [0.2, 0.25) is 0 Å². The quantitative estimate of drug-likeness (QED) is 0.478. The van der Waals surface area contributed by atoms with E-state index in [2.05, 4.69) is 85.7 Å². The number of likely N-dealkylation sites (N-methyl/N-ethyl adjacent to an activating group) is 1. The summed E-state index contributed by atoms with van der Waals surface area (Å²) in [5, 5.41) is 2.49. The molecule has 2 nitrogen and oxygen atoms in total. The molecule has 2 heteroatoms. The van der Waals surface area contributed by atoms with Crippen molar-refractivity contribution in [3.63, 3.8) is 0 Å². The number of benzene rings is 3. The molecule has 3 rings (SSSR count). The SMILES string of the molecule is CN(C)CCO/C=C(/c1ccccc1)c1ccc2ccccc2c1. The van der Waals surface area contributed by atoms with Gasteiger partial charge in [0.25, 0.3) is 0 Å². The third-order valence-electron chi connectivity index (χ3n) is 4.00. The van der Waals surface area contributed by atoms with Crippen LogP contribution < -0.4 is 0 Å². The Hall–Kier alpha value is -2.58. The summed E-state index contributed by atoms with van der Waals surface area (Å²) >= 11 is 0. The van der Waals surface area contributed by atoms with E-state index in [1.165, 1.54) is 16.3 Å². The van der Waals surface area contributed by atoms with Gasteiger partial charge in [0.05, 0.1) is 12.9 Å². The van der Waals surface area contributed by atoms with E-state index in [4.69, 9.17) is 4.74 Å². The third kappa shape index (κ3) is 4.03. The van der Waals surface area contributed by atoms with Gasteiger partial charge in [-0.3, -0.25) is 0 Å². The lowest BCUT2D eigenvalue weighted by molar-refractivity contribution is 0.213. The third-order valence-corrected chi connectivity index (χ3v) is 4.00. The summed E-state index contributed by atoms with van der Waals surface area (Å²) in [6.45, 7) is 1.58. The van der Waals surface area contributed by atoms with E-state index in [-0.39, 0.29) is 0 Å². The number of nitrogens with zero attached hydrogens (tertiary/aromatic N) is 1. The second-order valence-electron chi connectivity index (χ2n) is 6.13. The summed E-state index contributed by atoms with van der Waals surface area (Å²) in [5.41, 5.74) is 3.45. The minimum absolute atomic E-state index is 0.677. The molecule has 122 valence electrons. The molecule has 0 radical (unpaired) electrons. The van der Waals surface area contributed by atoms with Gasteiger partial charge in [0.2, 0.25) is 0 Å². The molecule has 0 spiro atoms. The van der Waals surface area contributed by atoms with Gasteiger partial charge in [-0.15, -0.1) is 0 Å². The predicted molar refractivity (Wildman–Crippen MR) is 102 cm³/mol. The lowest BCUT2D eigenvalue weighted by Gasteiger charge is -2.12. The minimum Gasteiger partial charge on any atom is -0.499 e. The number of hydrogen-bond donors (Lipinski definition) is 0. The van der Waals surface area contributed by atoms with Crippen molar-refractivity contribution in [2.24, 2.45) is 0 Å². The Morgan fingerprint density at radius 2 is 1.54 bits per heavy atom. The lowest BCUT2D eigenvalue weighted by Crippen LogP contribution is -2.16. The van der Waals surface area contributed by atoms with Crippen molar-refractivity contribution in [3.8, 4) is 0 Å². The van der Waals surface area contributed by atoms with Crippen LogP contribution in [0.25, 0.3) is 16.3 Å². The van der Waals surface area contributed by atoms with Crippen LogP contribution in [-0.2, 0) is 4.74 Å². The highest BCUT2D eigenvalue weighted by Gasteiger charge is 2.06. The van der Waals surface area contributed by atoms with Gasteiger partial charge in [-0.2, -0.15) is 0 Å². The van der Waals surface area contributed by atoms with Crippen LogP contribution in [0.3, 0.4) is 0 Å². The zero-order chi connectivity index (χ0) is 16.8. The van der Waals surface area contributed by atoms with Crippen LogP contribution in [0.5, 0.6) is 0 Å². The second kappa shape index (κ2) is 7.80. The largest absolute Gasteiger partial charge is 0.499 e. The average molecular weight is 317 g/mol. The first kappa shape index (κ1) is 16.3. The Bertz CT molecular complexity index is 822. The van der Waals surface area contributed by atoms with Crippen LogP contribution in [0, 0.1) is 0 Å². The van der Waals surface area contributed by atoms with Gasteiger partial charge in [0.1, 0.15) is 0 Å². The smallest absolute Gasteiger partial charge is 0.1000 e. The van der Waals surface area contributed by atoms with Crippen molar-refractivity contribution >= 4 is 16.3 Å². The molecule has 0 bridgehead atoms. The molecule has 3 aromatic carbocycles. The molecule has 24 heavy (non-hydrogen) atoms. The van der Waals surface area contributed by atoms with Crippen molar-refractivity contribution in [1.82, 2.24) is 4.90 Å². The molecule has 0 amide bonds. The normalized spacial score (nSPS) is 11.9. The van der Waals surface area contributed by atoms with Gasteiger partial charge >= 0.3 is 0 Å². The predicted octanol–water partition coefficient (Wildman–Crippen LogP) is 4.81. The van der Waals surface area contributed by atoms with Crippen LogP contribution in [0.15, 0.2) is 79.1 Å². The average Bonchev–Trinajstić information content (AvgIpc) is 2.62. The van der Waals surface area contributed by atoms with Gasteiger partial charge < -0.3 is 9.64 Å². The van der Waals surface area contributed by atoms with E-state index < -0.39 is 0 Å². The first-order chi connectivity index (χ1) is 11.7. The van der Waals surface area contributed by atoms with Crippen molar-refractivity contribution in [2.75, 3.05) is 27.2 Å². The fourth-order valence-electron chi connectivity index (χ4n) is 2.65. The van der Waals surface area contributed by atoms with Crippen LogP contribution in [0.1, 0.15) is 11.1 Å². The van der Waals surface area contributed by atoms with E-state index in [0.29, 0.717) is 6.61 Å². The minimum atomic E-state index is 0.677. The Labute approximate surface area is 144 Å². The van der Waals surface area contributed by atoms with Crippen LogP contribution in [0.4, 0.5) is 0 Å². The molecule has 0 unspecified atom stereocenters. The molecule has 0 fully saturated rings. The molecule has 0 heterocycles. The number of rotatable bonds is 6. The van der Waals surface area contributed by atoms with E-state index in [1.807, 2.05) is 12.3 Å². The molecule has 0 aliphatic carbocycles. The Morgan fingerprint density at radius 3 is 2.29 bits per heavy atom. The Balaban J connectivity index is 1.95. The first-order valence-corrected chi connectivity index (χ1v) is 8.25. The van der Waals surface area contributed by atoms with E-state index in [0.717, 1.165) is 17.7 Å². The summed E-state index contributed by atoms with van der Waals surface area (Å²) in [5.74, 6) is 0. The zero-order valence-corrected chi connectivity index (χ0v) is 14.3. The van der Waals surface area contributed by atoms with E-state index >= 15 is 0 Å². The standard InChI is InChI=1S/C22H23NO/c1-23(2)14-15-24-17-22(19-9-4-3-5-10-19)21-13-12-18-8-6-7-11-20(18)16-21/h3-13,16-17H,14-15H2,1-2H3/b22-17-. The Kier molecular flexibility index (Phi) is 5.29. The highest BCUT2D eigenvalue weighted by Crippen LogP contribution is 2.26. The second-order valence-corrected chi connectivity index (χ2v) is 6.13. The summed E-state index contributed by atoms with van der Waals surface area (Å²) < 4.78 is 5.82. The molecule has 3 aromatic rings. The molecule has 0 atom stereocenters. The Morgan fingerprint density at radius 1 is 0.833 bits per heavy atom. The van der Waals surface area contributed by atoms with Crippen molar-refractivity contribution in [1.29, 1.82) is 0 Å². The maximum absolute atomic E-state index is 5.82. The van der Waals surface area contributed by atoms with Crippen LogP contribution >= 0.6 is 0 Å². The van der Waals surface area contributed by atoms with Crippen molar-refractivity contribution < 1.29 is 4.74 Å². The molecule has 0 aliphatic heterocycles. The van der Waals surface area contributed by atoms with E-state index in [9.17, 15) is 0 Å². The van der Waals surface area contributed by atoms with Crippen molar-refractivity contribution in [3.05, 3.63) is 90.2 Å². The fraction of sp³-hybridized carbons (Fsp3) is 0.182. The fourth-order valence-corrected chi connectivity index (χ4v) is 2.65. The molecule has 0 N–H and O–H groups in total. The summed E-state index contributed by atoms with van der Waals surface area (Å²) in [7, 11) is 4.10. The molecular weight excluding hydrogens is 294 g/mol. The van der Waals surface area contributed by atoms with Gasteiger partial charge in [0, 0.05) is 12.1 Å². The van der Waals surface area contributed by atoms with Gasteiger partial charge in [-0.25, -0.2) is 0 Å². The summed E-state index contributed by atoms with van der Waals surface area (Å²) in [4.78, 5) is 2.12. The van der Waals surface area contributed by atoms with Crippen molar-refractivity contribution in [2.45, 2.75) is 0 Å². The van der Waals surface area contributed by atoms with Crippen LogP contribution in [-0.4, -0.2) is 32.1 Å². The van der Waals surface area contributed by atoms with Gasteiger partial charge in [0.15, 0.2) is 0 Å². The first-order valence-electron chi connectivity index (χ1n) is 8.25. The lowest BCUT2D eigenvalue weighted by atomic mass is 9.97. The maximum atomic E-state index is 5.82. The molecule has 0 saturated heterocycles. The highest BCUT2D eigenvalue weighted by molar-refractivity contribution is 5.89. The molecular formula is C22H23NO. The maximum Gasteiger partial charge on any atom is 0.1000 e. The van der Waals surface area contributed by atoms with Gasteiger partial charge in [-0.05, 0) is 42.1 Å². The highest BCUT2D eigenvalue weighted by atomic mass is 16.5. The number of fused-ring (bicyclic) bond motifs is 1. The topological polar surface area (TPSA) is 12.5 Å². The zero-order valence-electron chi connectivity index (χ0n) is 14.3. The molecule has 0 saturated carbocycles. The van der Waals surface area contributed by atoms with E-state index in [1.54, 1.807) is 0 Å². The molecule has 0 aromatic heterocycles. The monoisotopic (exact) mass is 317 g/mol. The number of ether oxygens (including phenoxy) is 1. The summed E-state index contributed by atoms with van der Waals surface area (Å²) in [6.07, 6.45) is 1.89. The van der Waals surface area contributed by atoms with Gasteiger partial charge in [-0.1, -0.05) is 66.7 Å². The summed E-state index contributed by atoms with van der Waals surface area (Å²) in [6, 6.07) is 25.4. The number of hydrogen-bond acceptors (Lipinski definition) is 2.